The standard InChI is InChI=1S/C18H20N4O4S/c1-9-14(10(2)22(5)21-9)19-16(23)11(3)26-18(24)15-12(4)27-17(20-15)13-7-6-8-25-13/h6-8,11H,1-5H3,(H,19,23). The lowest BCUT2D eigenvalue weighted by molar-refractivity contribution is -0.123. The van der Waals surface area contributed by atoms with Crippen molar-refractivity contribution in [2.45, 2.75) is 33.8 Å². The maximum Gasteiger partial charge on any atom is 0.358 e. The molecule has 0 aliphatic rings. The highest BCUT2D eigenvalue weighted by Crippen LogP contribution is 2.28. The molecule has 9 heteroatoms. The molecule has 0 saturated heterocycles. The largest absolute Gasteiger partial charge is 0.462 e. The molecule has 0 radical (unpaired) electrons. The molecule has 0 aliphatic carbocycles. The van der Waals surface area contributed by atoms with E-state index in [9.17, 15) is 9.59 Å². The van der Waals surface area contributed by atoms with Gasteiger partial charge in [-0.3, -0.25) is 9.48 Å². The number of amides is 1. The van der Waals surface area contributed by atoms with Crippen LogP contribution in [0.3, 0.4) is 0 Å². The quantitative estimate of drug-likeness (QED) is 0.674. The summed E-state index contributed by atoms with van der Waals surface area (Å²) in [5, 5.41) is 7.60. The van der Waals surface area contributed by atoms with Crippen molar-refractivity contribution in [3.8, 4) is 10.8 Å². The second-order valence-electron chi connectivity index (χ2n) is 6.11. The van der Waals surface area contributed by atoms with Gasteiger partial charge in [-0.1, -0.05) is 0 Å². The van der Waals surface area contributed by atoms with Gasteiger partial charge in [0.15, 0.2) is 22.6 Å². The number of anilines is 1. The van der Waals surface area contributed by atoms with E-state index in [2.05, 4.69) is 15.4 Å². The topological polar surface area (TPSA) is 99.2 Å². The first kappa shape index (κ1) is 18.8. The summed E-state index contributed by atoms with van der Waals surface area (Å²) in [4.78, 5) is 29.8. The fourth-order valence-corrected chi connectivity index (χ4v) is 3.41. The summed E-state index contributed by atoms with van der Waals surface area (Å²) >= 11 is 1.33. The lowest BCUT2D eigenvalue weighted by atomic mass is 10.3. The zero-order valence-electron chi connectivity index (χ0n) is 15.7. The zero-order valence-corrected chi connectivity index (χ0v) is 16.5. The minimum Gasteiger partial charge on any atom is -0.462 e. The van der Waals surface area contributed by atoms with E-state index in [1.807, 2.05) is 6.92 Å². The number of aryl methyl sites for hydroxylation is 3. The highest BCUT2D eigenvalue weighted by atomic mass is 32.1. The number of hydrogen-bond acceptors (Lipinski definition) is 7. The normalized spacial score (nSPS) is 12.0. The molecule has 0 fully saturated rings. The molecule has 0 aliphatic heterocycles. The average Bonchev–Trinajstić information content (AvgIpc) is 3.31. The van der Waals surface area contributed by atoms with Crippen molar-refractivity contribution in [2.75, 3.05) is 5.32 Å². The number of nitrogens with zero attached hydrogens (tertiary/aromatic N) is 3. The van der Waals surface area contributed by atoms with Gasteiger partial charge in [-0.25, -0.2) is 9.78 Å². The number of aromatic nitrogens is 3. The summed E-state index contributed by atoms with van der Waals surface area (Å²) in [5.41, 5.74) is 2.31. The molecule has 1 amide bonds. The molecule has 142 valence electrons. The lowest BCUT2D eigenvalue weighted by Crippen LogP contribution is -2.30. The van der Waals surface area contributed by atoms with Crippen LogP contribution in [0.2, 0.25) is 0 Å². The smallest absolute Gasteiger partial charge is 0.358 e. The Kier molecular flexibility index (Phi) is 5.13. The van der Waals surface area contributed by atoms with Crippen molar-refractivity contribution in [1.29, 1.82) is 0 Å². The van der Waals surface area contributed by atoms with E-state index in [0.29, 0.717) is 27.0 Å². The van der Waals surface area contributed by atoms with Gasteiger partial charge in [-0.2, -0.15) is 5.10 Å². The Labute approximate surface area is 160 Å². The van der Waals surface area contributed by atoms with Crippen LogP contribution in [-0.2, 0) is 16.6 Å². The Hall–Kier alpha value is -2.94. The van der Waals surface area contributed by atoms with E-state index in [4.69, 9.17) is 9.15 Å². The van der Waals surface area contributed by atoms with Crippen molar-refractivity contribution in [1.82, 2.24) is 14.8 Å². The maximum absolute atomic E-state index is 12.4. The molecule has 1 unspecified atom stereocenters. The van der Waals surface area contributed by atoms with Crippen LogP contribution in [0.15, 0.2) is 22.8 Å². The average molecular weight is 388 g/mol. The van der Waals surface area contributed by atoms with Crippen LogP contribution in [-0.4, -0.2) is 32.7 Å². The molecule has 3 aromatic rings. The van der Waals surface area contributed by atoms with E-state index >= 15 is 0 Å². The Balaban J connectivity index is 1.69. The number of hydrogen-bond donors (Lipinski definition) is 1. The zero-order chi connectivity index (χ0) is 19.7. The summed E-state index contributed by atoms with van der Waals surface area (Å²) < 4.78 is 12.3. The highest BCUT2D eigenvalue weighted by Gasteiger charge is 2.25. The first-order valence-electron chi connectivity index (χ1n) is 8.31. The predicted octanol–water partition coefficient (Wildman–Crippen LogP) is 3.25. The van der Waals surface area contributed by atoms with Gasteiger partial charge in [0.05, 0.1) is 23.3 Å². The van der Waals surface area contributed by atoms with Crippen LogP contribution in [0.25, 0.3) is 10.8 Å². The van der Waals surface area contributed by atoms with Gasteiger partial charge < -0.3 is 14.5 Å². The van der Waals surface area contributed by atoms with Gasteiger partial charge in [0.1, 0.15) is 0 Å². The summed E-state index contributed by atoms with van der Waals surface area (Å²) in [6.07, 6.45) is 0.559. The number of carbonyl (C=O) groups is 2. The summed E-state index contributed by atoms with van der Waals surface area (Å²) in [5.74, 6) is -0.499. The third kappa shape index (κ3) is 3.77. The molecule has 0 aromatic carbocycles. The maximum atomic E-state index is 12.4. The molecular formula is C18H20N4O4S. The van der Waals surface area contributed by atoms with Crippen LogP contribution in [0.4, 0.5) is 5.69 Å². The predicted molar refractivity (Wildman–Crippen MR) is 101 cm³/mol. The molecule has 0 bridgehead atoms. The van der Waals surface area contributed by atoms with Crippen LogP contribution in [0, 0.1) is 20.8 Å². The number of furan rings is 1. The van der Waals surface area contributed by atoms with E-state index in [1.165, 1.54) is 18.3 Å². The summed E-state index contributed by atoms with van der Waals surface area (Å²) in [6, 6.07) is 3.51. The molecular weight excluding hydrogens is 368 g/mol. The van der Waals surface area contributed by atoms with Crippen molar-refractivity contribution in [3.63, 3.8) is 0 Å². The fraction of sp³-hybridized carbons (Fsp3) is 0.333. The van der Waals surface area contributed by atoms with Gasteiger partial charge in [0.2, 0.25) is 0 Å². The Bertz CT molecular complexity index is 988. The van der Waals surface area contributed by atoms with Gasteiger partial charge in [-0.15, -0.1) is 11.3 Å². The second-order valence-corrected chi connectivity index (χ2v) is 7.31. The first-order valence-corrected chi connectivity index (χ1v) is 9.13. The number of esters is 1. The third-order valence-corrected chi connectivity index (χ3v) is 5.12. The summed E-state index contributed by atoms with van der Waals surface area (Å²) in [6.45, 7) is 6.94. The van der Waals surface area contributed by atoms with Gasteiger partial charge in [0, 0.05) is 11.9 Å². The van der Waals surface area contributed by atoms with E-state index in [-0.39, 0.29) is 5.69 Å². The lowest BCUT2D eigenvalue weighted by Gasteiger charge is -2.13. The fourth-order valence-electron chi connectivity index (χ4n) is 2.54. The van der Waals surface area contributed by atoms with Crippen molar-refractivity contribution >= 4 is 28.9 Å². The SMILES string of the molecule is Cc1nn(C)c(C)c1NC(=O)C(C)OC(=O)c1nc(-c2ccco2)sc1C. The minimum absolute atomic E-state index is 0.180. The van der Waals surface area contributed by atoms with E-state index in [1.54, 1.807) is 44.0 Å². The van der Waals surface area contributed by atoms with Crippen molar-refractivity contribution in [2.24, 2.45) is 7.05 Å². The molecule has 3 heterocycles. The third-order valence-electron chi connectivity index (χ3n) is 4.13. The molecule has 27 heavy (non-hydrogen) atoms. The Morgan fingerprint density at radius 1 is 1.33 bits per heavy atom. The highest BCUT2D eigenvalue weighted by molar-refractivity contribution is 7.15. The Morgan fingerprint density at radius 2 is 2.07 bits per heavy atom. The molecule has 3 aromatic heterocycles. The minimum atomic E-state index is -0.982. The molecule has 0 spiro atoms. The van der Waals surface area contributed by atoms with E-state index in [0.717, 1.165) is 5.69 Å². The summed E-state index contributed by atoms with van der Waals surface area (Å²) in [7, 11) is 1.79. The van der Waals surface area contributed by atoms with Crippen LogP contribution in [0.1, 0.15) is 33.7 Å². The van der Waals surface area contributed by atoms with Gasteiger partial charge >= 0.3 is 5.97 Å². The number of nitrogens with one attached hydrogen (secondary N) is 1. The molecule has 3 rings (SSSR count). The van der Waals surface area contributed by atoms with Crippen LogP contribution < -0.4 is 5.32 Å². The second kappa shape index (κ2) is 7.36. The number of ether oxygens (including phenoxy) is 1. The number of rotatable bonds is 5. The first-order chi connectivity index (χ1) is 12.8. The van der Waals surface area contributed by atoms with E-state index < -0.39 is 18.0 Å². The van der Waals surface area contributed by atoms with Crippen LogP contribution in [0.5, 0.6) is 0 Å². The number of carbonyl (C=O) groups excluding carboxylic acids is 2. The monoisotopic (exact) mass is 388 g/mol. The molecule has 1 atom stereocenters. The Morgan fingerprint density at radius 3 is 2.67 bits per heavy atom. The van der Waals surface area contributed by atoms with Gasteiger partial charge in [0.25, 0.3) is 5.91 Å². The van der Waals surface area contributed by atoms with Gasteiger partial charge in [-0.05, 0) is 39.8 Å². The van der Waals surface area contributed by atoms with Crippen LogP contribution >= 0.6 is 11.3 Å². The number of thiazole rings is 1. The molecule has 8 nitrogen and oxygen atoms in total. The van der Waals surface area contributed by atoms with Crippen molar-refractivity contribution in [3.05, 3.63) is 40.4 Å². The van der Waals surface area contributed by atoms with Crippen molar-refractivity contribution < 1.29 is 18.7 Å². The molecule has 1 N–H and O–H groups in total. The molecule has 0 saturated carbocycles.